The molecular formula is C26H21N5. The summed E-state index contributed by atoms with van der Waals surface area (Å²) < 4.78 is 0. The van der Waals surface area contributed by atoms with E-state index in [-0.39, 0.29) is 0 Å². The monoisotopic (exact) mass is 403 g/mol. The molecule has 0 radical (unpaired) electrons. The standard InChI is InChI=1S/C26H21N5/c27-16-18-5-10-25-23(15-18)26(12-14-29-25)31-21-8-6-20(7-9-21)28-13-11-19-17-30-24-4-2-1-3-22(19)24/h1-10,12,14-15,17,28,30H,11,13H2,(H,29,31). The summed E-state index contributed by atoms with van der Waals surface area (Å²) >= 11 is 0. The highest BCUT2D eigenvalue weighted by molar-refractivity contribution is 5.93. The van der Waals surface area contributed by atoms with E-state index in [0.29, 0.717) is 5.56 Å². The Morgan fingerprint density at radius 1 is 0.903 bits per heavy atom. The fraction of sp³-hybridized carbons (Fsp3) is 0.0769. The number of anilines is 3. The van der Waals surface area contributed by atoms with Crippen LogP contribution in [0.1, 0.15) is 11.1 Å². The van der Waals surface area contributed by atoms with Gasteiger partial charge in [0, 0.05) is 52.3 Å². The van der Waals surface area contributed by atoms with Crippen molar-refractivity contribution in [1.29, 1.82) is 5.26 Å². The fourth-order valence-electron chi connectivity index (χ4n) is 3.83. The predicted octanol–water partition coefficient (Wildman–Crippen LogP) is 5.99. The number of nitriles is 1. The van der Waals surface area contributed by atoms with Crippen LogP contribution in [0.2, 0.25) is 0 Å². The molecule has 5 heteroatoms. The lowest BCUT2D eigenvalue weighted by Gasteiger charge is -2.11. The smallest absolute Gasteiger partial charge is 0.0991 e. The van der Waals surface area contributed by atoms with Gasteiger partial charge in [0.15, 0.2) is 0 Å². The van der Waals surface area contributed by atoms with Crippen molar-refractivity contribution in [3.8, 4) is 6.07 Å². The predicted molar refractivity (Wildman–Crippen MR) is 127 cm³/mol. The second-order valence-corrected chi connectivity index (χ2v) is 7.44. The average Bonchev–Trinajstić information content (AvgIpc) is 3.23. The van der Waals surface area contributed by atoms with E-state index in [4.69, 9.17) is 0 Å². The van der Waals surface area contributed by atoms with Gasteiger partial charge in [-0.3, -0.25) is 4.98 Å². The Morgan fingerprint density at radius 3 is 2.61 bits per heavy atom. The van der Waals surface area contributed by atoms with Crippen LogP contribution in [0.4, 0.5) is 17.1 Å². The number of H-pyrrole nitrogens is 1. The molecular weight excluding hydrogens is 382 g/mol. The van der Waals surface area contributed by atoms with Crippen LogP contribution < -0.4 is 10.6 Å². The highest BCUT2D eigenvalue weighted by atomic mass is 14.9. The number of fused-ring (bicyclic) bond motifs is 2. The molecule has 2 aromatic heterocycles. The van der Waals surface area contributed by atoms with Crippen LogP contribution in [-0.4, -0.2) is 16.5 Å². The molecule has 5 nitrogen and oxygen atoms in total. The topological polar surface area (TPSA) is 76.5 Å². The van der Waals surface area contributed by atoms with Crippen LogP contribution in [0.15, 0.2) is 85.2 Å². The minimum absolute atomic E-state index is 0.623. The lowest BCUT2D eigenvalue weighted by atomic mass is 10.1. The molecule has 5 rings (SSSR count). The summed E-state index contributed by atoms with van der Waals surface area (Å²) in [4.78, 5) is 7.71. The van der Waals surface area contributed by atoms with Crippen LogP contribution in [0, 0.1) is 11.3 Å². The molecule has 2 heterocycles. The average molecular weight is 403 g/mol. The maximum atomic E-state index is 9.19. The van der Waals surface area contributed by atoms with E-state index in [9.17, 15) is 5.26 Å². The SMILES string of the molecule is N#Cc1ccc2nccc(Nc3ccc(NCCc4c[nH]c5ccccc45)cc3)c2c1. The van der Waals surface area contributed by atoms with Crippen LogP contribution in [0.25, 0.3) is 21.8 Å². The van der Waals surface area contributed by atoms with Crippen LogP contribution in [-0.2, 0) is 6.42 Å². The Morgan fingerprint density at radius 2 is 1.74 bits per heavy atom. The van der Waals surface area contributed by atoms with Crippen LogP contribution >= 0.6 is 0 Å². The summed E-state index contributed by atoms with van der Waals surface area (Å²) in [7, 11) is 0. The molecule has 0 aliphatic heterocycles. The molecule has 3 aromatic carbocycles. The molecule has 0 atom stereocenters. The maximum Gasteiger partial charge on any atom is 0.0991 e. The number of hydrogen-bond acceptors (Lipinski definition) is 4. The maximum absolute atomic E-state index is 9.19. The molecule has 0 fully saturated rings. The van der Waals surface area contributed by atoms with Crippen molar-refractivity contribution in [2.24, 2.45) is 0 Å². The summed E-state index contributed by atoms with van der Waals surface area (Å²) in [6.45, 7) is 0.862. The first-order valence-corrected chi connectivity index (χ1v) is 10.2. The van der Waals surface area contributed by atoms with Gasteiger partial charge in [0.25, 0.3) is 0 Å². The molecule has 5 aromatic rings. The van der Waals surface area contributed by atoms with Crippen LogP contribution in [0.3, 0.4) is 0 Å². The van der Waals surface area contributed by atoms with Gasteiger partial charge in [0.05, 0.1) is 17.1 Å². The first kappa shape index (κ1) is 18.7. The van der Waals surface area contributed by atoms with E-state index in [1.807, 2.05) is 24.3 Å². The van der Waals surface area contributed by atoms with Crippen molar-refractivity contribution in [3.63, 3.8) is 0 Å². The number of nitrogens with zero attached hydrogens (tertiary/aromatic N) is 2. The summed E-state index contributed by atoms with van der Waals surface area (Å²) in [5, 5.41) is 18.3. The highest BCUT2D eigenvalue weighted by Crippen LogP contribution is 2.27. The second-order valence-electron chi connectivity index (χ2n) is 7.44. The highest BCUT2D eigenvalue weighted by Gasteiger charge is 2.05. The summed E-state index contributed by atoms with van der Waals surface area (Å²) in [5.41, 5.74) is 6.98. The van der Waals surface area contributed by atoms with Gasteiger partial charge in [-0.15, -0.1) is 0 Å². The van der Waals surface area contributed by atoms with Crippen molar-refractivity contribution >= 4 is 38.9 Å². The van der Waals surface area contributed by atoms with E-state index in [1.54, 1.807) is 12.3 Å². The Hall–Kier alpha value is -4.30. The minimum Gasteiger partial charge on any atom is -0.385 e. The first-order chi connectivity index (χ1) is 15.3. The zero-order valence-electron chi connectivity index (χ0n) is 16.9. The zero-order valence-corrected chi connectivity index (χ0v) is 16.9. The number of para-hydroxylation sites is 1. The molecule has 0 aliphatic rings. The molecule has 0 unspecified atom stereocenters. The Bertz CT molecular complexity index is 1390. The van der Waals surface area contributed by atoms with Gasteiger partial charge >= 0.3 is 0 Å². The third-order valence-corrected chi connectivity index (χ3v) is 5.43. The molecule has 0 aliphatic carbocycles. The zero-order chi connectivity index (χ0) is 21.0. The lowest BCUT2D eigenvalue weighted by molar-refractivity contribution is 1.03. The van der Waals surface area contributed by atoms with Crippen LogP contribution in [0.5, 0.6) is 0 Å². The third kappa shape index (κ3) is 3.92. The lowest BCUT2D eigenvalue weighted by Crippen LogP contribution is -2.04. The number of aromatic nitrogens is 2. The molecule has 31 heavy (non-hydrogen) atoms. The molecule has 150 valence electrons. The largest absolute Gasteiger partial charge is 0.385 e. The van der Waals surface area contributed by atoms with E-state index in [0.717, 1.165) is 40.9 Å². The third-order valence-electron chi connectivity index (χ3n) is 5.43. The van der Waals surface area contributed by atoms with E-state index in [2.05, 4.69) is 75.3 Å². The molecule has 0 spiro atoms. The van der Waals surface area contributed by atoms with Gasteiger partial charge in [-0.25, -0.2) is 0 Å². The molecule has 0 bridgehead atoms. The molecule has 0 amide bonds. The van der Waals surface area contributed by atoms with Gasteiger partial charge in [-0.1, -0.05) is 18.2 Å². The van der Waals surface area contributed by atoms with E-state index < -0.39 is 0 Å². The normalized spacial score (nSPS) is 10.8. The molecule has 0 saturated carbocycles. The van der Waals surface area contributed by atoms with E-state index in [1.165, 1.54) is 16.5 Å². The Kier molecular flexibility index (Phi) is 4.96. The number of pyridine rings is 1. The van der Waals surface area contributed by atoms with Crippen molar-refractivity contribution in [1.82, 2.24) is 9.97 Å². The number of hydrogen-bond donors (Lipinski definition) is 3. The van der Waals surface area contributed by atoms with Gasteiger partial charge < -0.3 is 15.6 Å². The fourth-order valence-corrected chi connectivity index (χ4v) is 3.83. The summed E-state index contributed by atoms with van der Waals surface area (Å²) in [6.07, 6.45) is 4.82. The van der Waals surface area contributed by atoms with Gasteiger partial charge in [-0.05, 0) is 66.6 Å². The van der Waals surface area contributed by atoms with Crippen molar-refractivity contribution in [3.05, 3.63) is 96.3 Å². The second kappa shape index (κ2) is 8.21. The van der Waals surface area contributed by atoms with Gasteiger partial charge in [-0.2, -0.15) is 5.26 Å². The van der Waals surface area contributed by atoms with Gasteiger partial charge in [0.2, 0.25) is 0 Å². The van der Waals surface area contributed by atoms with Gasteiger partial charge in [0.1, 0.15) is 0 Å². The first-order valence-electron chi connectivity index (χ1n) is 10.2. The van der Waals surface area contributed by atoms with Crippen molar-refractivity contribution in [2.75, 3.05) is 17.2 Å². The van der Waals surface area contributed by atoms with E-state index >= 15 is 0 Å². The Balaban J connectivity index is 1.25. The quantitative estimate of drug-likeness (QED) is 0.326. The number of rotatable bonds is 6. The number of nitrogens with one attached hydrogen (secondary N) is 3. The molecule has 0 saturated heterocycles. The Labute approximate surface area is 180 Å². The summed E-state index contributed by atoms with van der Waals surface area (Å²) in [5.74, 6) is 0. The van der Waals surface area contributed by atoms with Crippen molar-refractivity contribution in [2.45, 2.75) is 6.42 Å². The number of aromatic amines is 1. The molecule has 3 N–H and O–H groups in total. The minimum atomic E-state index is 0.623. The summed E-state index contributed by atoms with van der Waals surface area (Å²) in [6, 6.07) is 26.3. The number of benzene rings is 3. The van der Waals surface area contributed by atoms with Crippen molar-refractivity contribution < 1.29 is 0 Å².